The van der Waals surface area contributed by atoms with Gasteiger partial charge in [0.2, 0.25) is 0 Å². The summed E-state index contributed by atoms with van der Waals surface area (Å²) < 4.78 is 41.5. The fourth-order valence-corrected chi connectivity index (χ4v) is 4.68. The van der Waals surface area contributed by atoms with Gasteiger partial charge in [0.25, 0.3) is 0 Å². The standard InChI is InChI=1S/C26H27F3/c1-2-17-3-7-19(8-4-17)21-12-13-23-22(16-21)11-10-20(26(23)29)9-5-18-6-14-24(27)25(28)15-18/h6,10-17,19H,2-5,7-9H2,1H3. The maximum absolute atomic E-state index is 15.1. The number of benzene rings is 3. The molecular formula is C26H27F3. The van der Waals surface area contributed by atoms with Crippen LogP contribution < -0.4 is 0 Å². The van der Waals surface area contributed by atoms with Crippen molar-refractivity contribution in [2.24, 2.45) is 5.92 Å². The number of rotatable bonds is 5. The summed E-state index contributed by atoms with van der Waals surface area (Å²) in [5, 5.41) is 1.58. The Morgan fingerprint density at radius 3 is 2.31 bits per heavy atom. The van der Waals surface area contributed by atoms with Gasteiger partial charge in [-0.15, -0.1) is 0 Å². The molecule has 0 saturated heterocycles. The lowest BCUT2D eigenvalue weighted by atomic mass is 9.77. The van der Waals surface area contributed by atoms with Gasteiger partial charge in [-0.3, -0.25) is 0 Å². The van der Waals surface area contributed by atoms with Gasteiger partial charge in [-0.2, -0.15) is 0 Å². The van der Waals surface area contributed by atoms with Crippen LogP contribution in [0.1, 0.15) is 61.6 Å². The Bertz CT molecular complexity index is 1000. The molecule has 0 unspecified atom stereocenters. The molecule has 3 aromatic rings. The van der Waals surface area contributed by atoms with Crippen molar-refractivity contribution in [2.45, 2.75) is 57.8 Å². The Morgan fingerprint density at radius 1 is 0.793 bits per heavy atom. The highest BCUT2D eigenvalue weighted by molar-refractivity contribution is 5.84. The van der Waals surface area contributed by atoms with Gasteiger partial charge in [-0.05, 0) is 84.6 Å². The van der Waals surface area contributed by atoms with Gasteiger partial charge in [0.05, 0.1) is 0 Å². The van der Waals surface area contributed by atoms with Gasteiger partial charge in [-0.1, -0.05) is 49.7 Å². The van der Waals surface area contributed by atoms with E-state index in [1.54, 1.807) is 6.07 Å². The summed E-state index contributed by atoms with van der Waals surface area (Å²) in [6, 6.07) is 13.8. The Balaban J connectivity index is 1.51. The van der Waals surface area contributed by atoms with Gasteiger partial charge in [-0.25, -0.2) is 13.2 Å². The molecule has 3 aromatic carbocycles. The summed E-state index contributed by atoms with van der Waals surface area (Å²) in [6.07, 6.45) is 7.21. The number of aryl methyl sites for hydroxylation is 2. The first-order chi connectivity index (χ1) is 14.0. The summed E-state index contributed by atoms with van der Waals surface area (Å²) in [4.78, 5) is 0. The minimum Gasteiger partial charge on any atom is -0.206 e. The molecule has 0 radical (unpaired) electrons. The third kappa shape index (κ3) is 4.34. The molecule has 0 amide bonds. The van der Waals surface area contributed by atoms with Crippen LogP contribution in [0.2, 0.25) is 0 Å². The van der Waals surface area contributed by atoms with E-state index in [2.05, 4.69) is 19.1 Å². The van der Waals surface area contributed by atoms with Crippen LogP contribution in [0, 0.1) is 23.4 Å². The van der Waals surface area contributed by atoms with Crippen LogP contribution in [0.3, 0.4) is 0 Å². The molecule has 0 aliphatic heterocycles. The summed E-state index contributed by atoms with van der Waals surface area (Å²) in [5.41, 5.74) is 2.60. The predicted octanol–water partition coefficient (Wildman–Crippen LogP) is 7.73. The van der Waals surface area contributed by atoms with Crippen molar-refractivity contribution >= 4 is 10.8 Å². The van der Waals surface area contributed by atoms with E-state index >= 15 is 4.39 Å². The third-order valence-electron chi connectivity index (χ3n) is 6.62. The van der Waals surface area contributed by atoms with Crippen LogP contribution >= 0.6 is 0 Å². The quantitative estimate of drug-likeness (QED) is 0.414. The average molecular weight is 396 g/mol. The topological polar surface area (TPSA) is 0 Å². The normalized spacial score (nSPS) is 19.6. The number of hydrogen-bond acceptors (Lipinski definition) is 0. The van der Waals surface area contributed by atoms with E-state index in [4.69, 9.17) is 0 Å². The van der Waals surface area contributed by atoms with Crippen LogP contribution in [0.25, 0.3) is 10.8 Å². The van der Waals surface area contributed by atoms with Crippen LogP contribution in [0.5, 0.6) is 0 Å². The SMILES string of the molecule is CCC1CCC(c2ccc3c(F)c(CCc4ccc(F)c(F)c4)ccc3c2)CC1. The molecular weight excluding hydrogens is 369 g/mol. The zero-order chi connectivity index (χ0) is 20.4. The van der Waals surface area contributed by atoms with Crippen LogP contribution in [0.4, 0.5) is 13.2 Å². The van der Waals surface area contributed by atoms with Crippen LogP contribution in [-0.2, 0) is 12.8 Å². The van der Waals surface area contributed by atoms with E-state index in [1.807, 2.05) is 18.2 Å². The van der Waals surface area contributed by atoms with Crippen molar-refractivity contribution in [2.75, 3.05) is 0 Å². The summed E-state index contributed by atoms with van der Waals surface area (Å²) in [7, 11) is 0. The lowest BCUT2D eigenvalue weighted by Gasteiger charge is -2.28. The van der Waals surface area contributed by atoms with Gasteiger partial charge in [0, 0.05) is 5.39 Å². The molecule has 1 aliphatic carbocycles. The Kier molecular flexibility index (Phi) is 5.94. The van der Waals surface area contributed by atoms with E-state index in [0.717, 1.165) is 17.4 Å². The summed E-state index contributed by atoms with van der Waals surface area (Å²) in [5.74, 6) is -0.475. The highest BCUT2D eigenvalue weighted by atomic mass is 19.2. The van der Waals surface area contributed by atoms with Crippen molar-refractivity contribution in [3.63, 3.8) is 0 Å². The minimum atomic E-state index is -0.859. The molecule has 0 N–H and O–H groups in total. The summed E-state index contributed by atoms with van der Waals surface area (Å²) >= 11 is 0. The van der Waals surface area contributed by atoms with Gasteiger partial charge >= 0.3 is 0 Å². The van der Waals surface area contributed by atoms with E-state index in [-0.39, 0.29) is 5.82 Å². The van der Waals surface area contributed by atoms with Crippen molar-refractivity contribution < 1.29 is 13.2 Å². The molecule has 1 aliphatic rings. The second-order valence-electron chi connectivity index (χ2n) is 8.39. The lowest BCUT2D eigenvalue weighted by Crippen LogP contribution is -2.12. The van der Waals surface area contributed by atoms with Crippen LogP contribution in [-0.4, -0.2) is 0 Å². The maximum Gasteiger partial charge on any atom is 0.159 e. The number of fused-ring (bicyclic) bond motifs is 1. The molecule has 29 heavy (non-hydrogen) atoms. The molecule has 1 saturated carbocycles. The molecule has 4 rings (SSSR count). The highest BCUT2D eigenvalue weighted by Gasteiger charge is 2.21. The first-order valence-electron chi connectivity index (χ1n) is 10.7. The lowest BCUT2D eigenvalue weighted by molar-refractivity contribution is 0.319. The van der Waals surface area contributed by atoms with E-state index in [9.17, 15) is 8.78 Å². The maximum atomic E-state index is 15.1. The zero-order valence-corrected chi connectivity index (χ0v) is 16.9. The molecule has 3 heteroatoms. The fourth-order valence-electron chi connectivity index (χ4n) is 4.68. The highest BCUT2D eigenvalue weighted by Crippen LogP contribution is 2.38. The van der Waals surface area contributed by atoms with Gasteiger partial charge in [0.15, 0.2) is 11.6 Å². The van der Waals surface area contributed by atoms with Gasteiger partial charge in [0.1, 0.15) is 5.82 Å². The average Bonchev–Trinajstić information content (AvgIpc) is 2.75. The second-order valence-corrected chi connectivity index (χ2v) is 8.39. The minimum absolute atomic E-state index is 0.202. The second kappa shape index (κ2) is 8.61. The largest absolute Gasteiger partial charge is 0.206 e. The Morgan fingerprint density at radius 2 is 1.59 bits per heavy atom. The fraction of sp³-hybridized carbons (Fsp3) is 0.385. The predicted molar refractivity (Wildman–Crippen MR) is 113 cm³/mol. The first-order valence-corrected chi connectivity index (χ1v) is 10.7. The third-order valence-corrected chi connectivity index (χ3v) is 6.62. The number of hydrogen-bond donors (Lipinski definition) is 0. The monoisotopic (exact) mass is 396 g/mol. The Labute approximate surface area is 170 Å². The van der Waals surface area contributed by atoms with Crippen molar-refractivity contribution in [3.05, 3.63) is 82.7 Å². The van der Waals surface area contributed by atoms with E-state index in [1.165, 1.54) is 43.7 Å². The van der Waals surface area contributed by atoms with Crippen molar-refractivity contribution in [1.82, 2.24) is 0 Å². The van der Waals surface area contributed by atoms with Gasteiger partial charge < -0.3 is 0 Å². The van der Waals surface area contributed by atoms with Crippen molar-refractivity contribution in [1.29, 1.82) is 0 Å². The van der Waals surface area contributed by atoms with E-state index in [0.29, 0.717) is 35.3 Å². The molecule has 0 heterocycles. The van der Waals surface area contributed by atoms with Crippen LogP contribution in [0.15, 0.2) is 48.5 Å². The zero-order valence-electron chi connectivity index (χ0n) is 16.9. The molecule has 0 nitrogen and oxygen atoms in total. The smallest absolute Gasteiger partial charge is 0.159 e. The Hall–Kier alpha value is -2.29. The first kappa shape index (κ1) is 20.0. The molecule has 0 bridgehead atoms. The molecule has 0 spiro atoms. The number of halogens is 3. The van der Waals surface area contributed by atoms with Crippen molar-refractivity contribution in [3.8, 4) is 0 Å². The molecule has 0 aromatic heterocycles. The molecule has 0 atom stereocenters. The van der Waals surface area contributed by atoms with E-state index < -0.39 is 11.6 Å². The summed E-state index contributed by atoms with van der Waals surface area (Å²) in [6.45, 7) is 2.27. The molecule has 1 fully saturated rings. The molecule has 152 valence electrons.